The van der Waals surface area contributed by atoms with Gasteiger partial charge in [-0.1, -0.05) is 36.4 Å². The van der Waals surface area contributed by atoms with Gasteiger partial charge in [-0.15, -0.1) is 0 Å². The summed E-state index contributed by atoms with van der Waals surface area (Å²) in [6.07, 6.45) is 1.01. The number of aliphatic imine (C=N–C) groups is 1. The van der Waals surface area contributed by atoms with Gasteiger partial charge in [0.2, 0.25) is 5.96 Å². The molecule has 0 heterocycles. The van der Waals surface area contributed by atoms with Gasteiger partial charge >= 0.3 is 6.09 Å². The number of benzene rings is 3. The van der Waals surface area contributed by atoms with Crippen LogP contribution in [-0.2, 0) is 11.2 Å². The van der Waals surface area contributed by atoms with Gasteiger partial charge in [-0.2, -0.15) is 5.26 Å². The number of carbonyl (C=O) groups excluding carboxylic acids is 1. The maximum atomic E-state index is 12.9. The molecule has 0 aliphatic carbocycles. The van der Waals surface area contributed by atoms with E-state index in [1.165, 1.54) is 4.90 Å². The summed E-state index contributed by atoms with van der Waals surface area (Å²) < 4.78 is 16.5. The summed E-state index contributed by atoms with van der Waals surface area (Å²) in [5.74, 6) is 1.58. The summed E-state index contributed by atoms with van der Waals surface area (Å²) in [5.41, 5.74) is 1.62. The van der Waals surface area contributed by atoms with Crippen molar-refractivity contribution >= 4 is 23.4 Å². The predicted molar refractivity (Wildman–Crippen MR) is 158 cm³/mol. The minimum absolute atomic E-state index is 0.0406. The molecule has 0 saturated heterocycles. The van der Waals surface area contributed by atoms with Crippen molar-refractivity contribution in [2.75, 3.05) is 32.1 Å². The minimum atomic E-state index is -0.900. The first-order valence-corrected chi connectivity index (χ1v) is 13.2. The average molecular weight is 560 g/mol. The van der Waals surface area contributed by atoms with Crippen molar-refractivity contribution in [3.05, 3.63) is 84.4 Å². The second kappa shape index (κ2) is 15.1. The standard InChI is InChI=1S/C31H37N5O5/c1-31(2,3)41-30(38)36(20-26(37)21-40-27-10-6-5-7-11-27)18-17-23-13-15-24(16-14-23)34-29(33-22-32)35-25-9-8-12-28(19-25)39-4/h5-16,19,26,37H,17-18,20-21H2,1-4H3,(H2,33,34,35)/t26-/m0/s1. The topological polar surface area (TPSA) is 128 Å². The molecule has 3 aromatic rings. The Morgan fingerprint density at radius 1 is 1.05 bits per heavy atom. The summed E-state index contributed by atoms with van der Waals surface area (Å²) in [4.78, 5) is 18.9. The Bertz CT molecular complexity index is 1320. The fraction of sp³-hybridized carbons (Fsp3) is 0.323. The fourth-order valence-electron chi connectivity index (χ4n) is 3.71. The molecule has 41 heavy (non-hydrogen) atoms. The first kappa shape index (κ1) is 30.8. The van der Waals surface area contributed by atoms with Crippen LogP contribution in [0.2, 0.25) is 0 Å². The zero-order valence-corrected chi connectivity index (χ0v) is 23.8. The van der Waals surface area contributed by atoms with Crippen molar-refractivity contribution in [3.8, 4) is 17.7 Å². The lowest BCUT2D eigenvalue weighted by molar-refractivity contribution is 0.00944. The van der Waals surface area contributed by atoms with Gasteiger partial charge in [0.25, 0.3) is 0 Å². The van der Waals surface area contributed by atoms with Crippen molar-refractivity contribution in [2.24, 2.45) is 4.99 Å². The summed E-state index contributed by atoms with van der Waals surface area (Å²) in [7, 11) is 1.58. The van der Waals surface area contributed by atoms with E-state index in [2.05, 4.69) is 15.6 Å². The molecular weight excluding hydrogens is 522 g/mol. The quantitative estimate of drug-likeness (QED) is 0.128. The molecule has 1 amide bonds. The zero-order chi connectivity index (χ0) is 29.7. The molecule has 216 valence electrons. The third-order valence-corrected chi connectivity index (χ3v) is 5.62. The lowest BCUT2D eigenvalue weighted by atomic mass is 10.1. The maximum absolute atomic E-state index is 12.9. The number of amides is 1. The number of hydrogen-bond acceptors (Lipinski definition) is 7. The second-order valence-corrected chi connectivity index (χ2v) is 10.2. The van der Waals surface area contributed by atoms with Crippen LogP contribution in [0.25, 0.3) is 0 Å². The lowest BCUT2D eigenvalue weighted by Gasteiger charge is -2.29. The monoisotopic (exact) mass is 559 g/mol. The molecule has 0 aliphatic rings. The van der Waals surface area contributed by atoms with Crippen LogP contribution in [0.5, 0.6) is 11.5 Å². The second-order valence-electron chi connectivity index (χ2n) is 10.2. The first-order valence-electron chi connectivity index (χ1n) is 13.2. The van der Waals surface area contributed by atoms with Crippen LogP contribution in [-0.4, -0.2) is 60.6 Å². The van der Waals surface area contributed by atoms with Crippen molar-refractivity contribution in [1.82, 2.24) is 10.2 Å². The number of anilines is 1. The van der Waals surface area contributed by atoms with E-state index in [1.807, 2.05) is 66.9 Å². The van der Waals surface area contributed by atoms with Gasteiger partial charge in [0.1, 0.15) is 29.8 Å². The minimum Gasteiger partial charge on any atom is -0.497 e. The summed E-state index contributed by atoms with van der Waals surface area (Å²) in [6.45, 7) is 5.84. The number of ether oxygens (including phenoxy) is 3. The van der Waals surface area contributed by atoms with Crippen LogP contribution >= 0.6 is 0 Å². The van der Waals surface area contributed by atoms with Gasteiger partial charge in [-0.3, -0.25) is 5.32 Å². The number of aliphatic hydroxyl groups is 1. The van der Waals surface area contributed by atoms with E-state index in [9.17, 15) is 9.90 Å². The number of aliphatic hydroxyl groups excluding tert-OH is 1. The fourth-order valence-corrected chi connectivity index (χ4v) is 3.71. The molecular formula is C31H37N5O5. The van der Waals surface area contributed by atoms with E-state index in [4.69, 9.17) is 19.5 Å². The van der Waals surface area contributed by atoms with Gasteiger partial charge in [0.15, 0.2) is 6.19 Å². The van der Waals surface area contributed by atoms with Crippen LogP contribution in [0.3, 0.4) is 0 Å². The summed E-state index contributed by atoms with van der Waals surface area (Å²) in [5, 5.41) is 25.4. The van der Waals surface area contributed by atoms with E-state index in [0.717, 1.165) is 5.56 Å². The van der Waals surface area contributed by atoms with Crippen molar-refractivity contribution in [1.29, 1.82) is 5.26 Å². The average Bonchev–Trinajstić information content (AvgIpc) is 2.94. The number of guanidine groups is 1. The van der Waals surface area contributed by atoms with Gasteiger partial charge < -0.3 is 29.5 Å². The smallest absolute Gasteiger partial charge is 0.410 e. The van der Waals surface area contributed by atoms with Gasteiger partial charge in [-0.05, 0) is 69.2 Å². The largest absolute Gasteiger partial charge is 0.497 e. The van der Waals surface area contributed by atoms with Crippen LogP contribution < -0.4 is 20.1 Å². The lowest BCUT2D eigenvalue weighted by Crippen LogP contribution is -2.43. The van der Waals surface area contributed by atoms with Crippen LogP contribution in [0, 0.1) is 11.5 Å². The summed E-state index contributed by atoms with van der Waals surface area (Å²) in [6, 6.07) is 23.9. The molecule has 0 aromatic heterocycles. The van der Waals surface area contributed by atoms with Crippen LogP contribution in [0.15, 0.2) is 83.9 Å². The Kier molecular flexibility index (Phi) is 11.4. The first-order chi connectivity index (χ1) is 19.6. The highest BCUT2D eigenvalue weighted by molar-refractivity contribution is 5.96. The van der Waals surface area contributed by atoms with E-state index < -0.39 is 17.8 Å². The molecule has 0 spiro atoms. The molecule has 0 bridgehead atoms. The number of nitrogens with one attached hydrogen (secondary N) is 2. The van der Waals surface area contributed by atoms with Crippen molar-refractivity contribution in [3.63, 3.8) is 0 Å². The third kappa shape index (κ3) is 11.1. The Labute approximate surface area is 241 Å². The van der Waals surface area contributed by atoms with E-state index in [-0.39, 0.29) is 19.1 Å². The van der Waals surface area contributed by atoms with Crippen LogP contribution in [0.4, 0.5) is 16.2 Å². The molecule has 3 aromatic carbocycles. The Balaban J connectivity index is 1.64. The highest BCUT2D eigenvalue weighted by atomic mass is 16.6. The Hall–Kier alpha value is -4.75. The molecule has 3 rings (SSSR count). The number of hydrogen-bond donors (Lipinski definition) is 3. The molecule has 0 radical (unpaired) electrons. The van der Waals surface area contributed by atoms with E-state index >= 15 is 0 Å². The maximum Gasteiger partial charge on any atom is 0.410 e. The Morgan fingerprint density at radius 2 is 1.76 bits per heavy atom. The number of nitriles is 1. The molecule has 3 N–H and O–H groups in total. The molecule has 10 nitrogen and oxygen atoms in total. The number of methoxy groups -OCH3 is 1. The molecule has 0 aliphatic heterocycles. The number of nitrogens with zero attached hydrogens (tertiary/aromatic N) is 3. The number of para-hydroxylation sites is 1. The van der Waals surface area contributed by atoms with Crippen LogP contribution in [0.1, 0.15) is 26.3 Å². The zero-order valence-electron chi connectivity index (χ0n) is 23.8. The van der Waals surface area contributed by atoms with Crippen molar-refractivity contribution < 1.29 is 24.1 Å². The number of carbonyl (C=O) groups is 1. The SMILES string of the molecule is COc1cccc(NC(=Nc2ccc(CCN(C[C@H](O)COc3ccccc3)C(=O)OC(C)(C)C)cc2)NC#N)c1. The highest BCUT2D eigenvalue weighted by Crippen LogP contribution is 2.19. The Morgan fingerprint density at radius 3 is 2.41 bits per heavy atom. The molecule has 0 unspecified atom stereocenters. The molecule has 0 saturated carbocycles. The molecule has 0 fully saturated rings. The van der Waals surface area contributed by atoms with Gasteiger partial charge in [-0.25, -0.2) is 9.79 Å². The molecule has 10 heteroatoms. The highest BCUT2D eigenvalue weighted by Gasteiger charge is 2.24. The van der Waals surface area contributed by atoms with Crippen molar-refractivity contribution in [2.45, 2.75) is 38.9 Å². The predicted octanol–water partition coefficient (Wildman–Crippen LogP) is 5.08. The number of rotatable bonds is 11. The van der Waals surface area contributed by atoms with Gasteiger partial charge in [0.05, 0.1) is 19.3 Å². The molecule has 1 atom stereocenters. The normalized spacial score (nSPS) is 12.0. The van der Waals surface area contributed by atoms with E-state index in [1.54, 1.807) is 46.1 Å². The van der Waals surface area contributed by atoms with Gasteiger partial charge in [0, 0.05) is 18.3 Å². The summed E-state index contributed by atoms with van der Waals surface area (Å²) >= 11 is 0. The third-order valence-electron chi connectivity index (χ3n) is 5.62. The van der Waals surface area contributed by atoms with E-state index in [0.29, 0.717) is 35.8 Å².